The van der Waals surface area contributed by atoms with Crippen LogP contribution in [-0.2, 0) is 16.6 Å². The van der Waals surface area contributed by atoms with E-state index in [1.807, 2.05) is 4.90 Å². The highest BCUT2D eigenvalue weighted by molar-refractivity contribution is 7.89. The second kappa shape index (κ2) is 8.10. The van der Waals surface area contributed by atoms with Gasteiger partial charge in [-0.05, 0) is 35.9 Å². The van der Waals surface area contributed by atoms with Crippen LogP contribution in [0.5, 0.6) is 5.75 Å². The number of halogens is 3. The molecular weight excluding hydrogens is 398 g/mol. The summed E-state index contributed by atoms with van der Waals surface area (Å²) in [4.78, 5) is 1.64. The SMILES string of the molecule is COc1ccc(CN2CCN(S(=O)(=O)c3ccc(Cl)cc3F)CC2)cc1F. The van der Waals surface area contributed by atoms with E-state index in [9.17, 15) is 17.2 Å². The monoisotopic (exact) mass is 416 g/mol. The van der Waals surface area contributed by atoms with Crippen LogP contribution in [0.15, 0.2) is 41.3 Å². The number of benzene rings is 2. The summed E-state index contributed by atoms with van der Waals surface area (Å²) < 4.78 is 59.3. The Morgan fingerprint density at radius 2 is 1.74 bits per heavy atom. The summed E-state index contributed by atoms with van der Waals surface area (Å²) in [6.45, 7) is 1.86. The van der Waals surface area contributed by atoms with E-state index in [2.05, 4.69) is 0 Å². The van der Waals surface area contributed by atoms with E-state index in [-0.39, 0.29) is 28.8 Å². The van der Waals surface area contributed by atoms with Gasteiger partial charge in [0.2, 0.25) is 10.0 Å². The molecule has 2 aromatic rings. The van der Waals surface area contributed by atoms with Crippen molar-refractivity contribution in [2.75, 3.05) is 33.3 Å². The van der Waals surface area contributed by atoms with E-state index in [1.54, 1.807) is 12.1 Å². The Balaban J connectivity index is 1.65. The maximum absolute atomic E-state index is 14.0. The summed E-state index contributed by atoms with van der Waals surface area (Å²) >= 11 is 5.69. The van der Waals surface area contributed by atoms with Crippen molar-refractivity contribution < 1.29 is 21.9 Å². The van der Waals surface area contributed by atoms with Gasteiger partial charge in [-0.25, -0.2) is 17.2 Å². The number of methoxy groups -OCH3 is 1. The second-order valence-electron chi connectivity index (χ2n) is 6.22. The lowest BCUT2D eigenvalue weighted by Gasteiger charge is -2.34. The number of nitrogens with zero attached hydrogens (tertiary/aromatic N) is 2. The van der Waals surface area contributed by atoms with E-state index < -0.39 is 21.7 Å². The van der Waals surface area contributed by atoms with Crippen molar-refractivity contribution >= 4 is 21.6 Å². The molecule has 0 N–H and O–H groups in total. The summed E-state index contributed by atoms with van der Waals surface area (Å²) in [5.41, 5.74) is 0.772. The predicted octanol–water partition coefficient (Wildman–Crippen LogP) is 3.13. The summed E-state index contributed by atoms with van der Waals surface area (Å²) in [6, 6.07) is 8.27. The van der Waals surface area contributed by atoms with Crippen molar-refractivity contribution in [3.8, 4) is 5.75 Å². The lowest BCUT2D eigenvalue weighted by molar-refractivity contribution is 0.181. The van der Waals surface area contributed by atoms with Gasteiger partial charge >= 0.3 is 0 Å². The Labute approximate surface area is 162 Å². The van der Waals surface area contributed by atoms with E-state index in [0.717, 1.165) is 11.6 Å². The average Bonchev–Trinajstić information content (AvgIpc) is 2.62. The average molecular weight is 417 g/mol. The molecule has 1 fully saturated rings. The smallest absolute Gasteiger partial charge is 0.246 e. The molecule has 1 aliphatic rings. The molecule has 0 spiro atoms. The van der Waals surface area contributed by atoms with Crippen LogP contribution in [0, 0.1) is 11.6 Å². The normalized spacial score (nSPS) is 16.4. The van der Waals surface area contributed by atoms with Gasteiger partial charge in [-0.2, -0.15) is 4.31 Å². The van der Waals surface area contributed by atoms with Gasteiger partial charge < -0.3 is 4.74 Å². The van der Waals surface area contributed by atoms with Gasteiger partial charge in [0.05, 0.1) is 7.11 Å². The summed E-state index contributed by atoms with van der Waals surface area (Å²) in [6.07, 6.45) is 0. The minimum absolute atomic E-state index is 0.142. The lowest BCUT2D eigenvalue weighted by Crippen LogP contribution is -2.48. The molecule has 9 heteroatoms. The minimum atomic E-state index is -3.92. The van der Waals surface area contributed by atoms with Gasteiger partial charge in [0, 0.05) is 37.7 Å². The third-order valence-corrected chi connectivity index (χ3v) is 6.63. The van der Waals surface area contributed by atoms with Crippen molar-refractivity contribution in [3.05, 3.63) is 58.6 Å². The third kappa shape index (κ3) is 4.40. The summed E-state index contributed by atoms with van der Waals surface area (Å²) in [5, 5.41) is 0.142. The Morgan fingerprint density at radius 1 is 1.04 bits per heavy atom. The molecular formula is C18H19ClF2N2O3S. The maximum Gasteiger partial charge on any atom is 0.246 e. The van der Waals surface area contributed by atoms with Crippen LogP contribution < -0.4 is 4.74 Å². The highest BCUT2D eigenvalue weighted by Gasteiger charge is 2.30. The highest BCUT2D eigenvalue weighted by Crippen LogP contribution is 2.24. The fourth-order valence-electron chi connectivity index (χ4n) is 3.02. The minimum Gasteiger partial charge on any atom is -0.494 e. The van der Waals surface area contributed by atoms with Gasteiger partial charge in [-0.1, -0.05) is 17.7 Å². The molecule has 0 saturated carbocycles. The fourth-order valence-corrected chi connectivity index (χ4v) is 4.64. The van der Waals surface area contributed by atoms with E-state index >= 15 is 0 Å². The fraction of sp³-hybridized carbons (Fsp3) is 0.333. The van der Waals surface area contributed by atoms with Crippen molar-refractivity contribution in [3.63, 3.8) is 0 Å². The van der Waals surface area contributed by atoms with Crippen molar-refractivity contribution in [2.24, 2.45) is 0 Å². The van der Waals surface area contributed by atoms with Crippen molar-refractivity contribution in [1.82, 2.24) is 9.21 Å². The molecule has 2 aromatic carbocycles. The Hall–Kier alpha value is -1.74. The quantitative estimate of drug-likeness (QED) is 0.751. The molecule has 3 rings (SSSR count). The van der Waals surface area contributed by atoms with Crippen molar-refractivity contribution in [1.29, 1.82) is 0 Å². The summed E-state index contributed by atoms with van der Waals surface area (Å²) in [7, 11) is -2.52. The van der Waals surface area contributed by atoms with Crippen LogP contribution in [0.4, 0.5) is 8.78 Å². The van der Waals surface area contributed by atoms with Gasteiger partial charge in [0.25, 0.3) is 0 Å². The number of sulfonamides is 1. The number of rotatable bonds is 5. The molecule has 1 heterocycles. The standard InChI is InChI=1S/C18H19ClF2N2O3S/c1-26-17-4-2-13(10-15(17)20)12-22-6-8-23(9-7-22)27(24,25)18-5-3-14(19)11-16(18)21/h2-5,10-11H,6-9,12H2,1H3. The third-order valence-electron chi connectivity index (χ3n) is 4.47. The molecule has 1 saturated heterocycles. The first kappa shape index (κ1) is 20.0. The maximum atomic E-state index is 14.0. The topological polar surface area (TPSA) is 49.9 Å². The van der Waals surface area contributed by atoms with Gasteiger partial charge in [-0.15, -0.1) is 0 Å². The van der Waals surface area contributed by atoms with Gasteiger partial charge in [-0.3, -0.25) is 4.90 Å². The first-order chi connectivity index (χ1) is 12.8. The Bertz CT molecular complexity index is 932. The largest absolute Gasteiger partial charge is 0.494 e. The summed E-state index contributed by atoms with van der Waals surface area (Å²) in [5.74, 6) is -1.12. The molecule has 27 heavy (non-hydrogen) atoms. The van der Waals surface area contributed by atoms with Gasteiger partial charge in [0.15, 0.2) is 11.6 Å². The number of piperazine rings is 1. The number of ether oxygens (including phenoxy) is 1. The van der Waals surface area contributed by atoms with Crippen LogP contribution in [0.1, 0.15) is 5.56 Å². The Morgan fingerprint density at radius 3 is 2.33 bits per heavy atom. The molecule has 0 radical (unpaired) electrons. The second-order valence-corrected chi connectivity index (χ2v) is 8.57. The van der Waals surface area contributed by atoms with E-state index in [0.29, 0.717) is 19.6 Å². The van der Waals surface area contributed by atoms with Crippen LogP contribution in [-0.4, -0.2) is 50.9 Å². The number of hydrogen-bond acceptors (Lipinski definition) is 4. The first-order valence-electron chi connectivity index (χ1n) is 8.31. The van der Waals surface area contributed by atoms with Crippen LogP contribution >= 0.6 is 11.6 Å². The molecule has 0 aromatic heterocycles. The molecule has 0 unspecified atom stereocenters. The van der Waals surface area contributed by atoms with E-state index in [4.69, 9.17) is 16.3 Å². The molecule has 0 bridgehead atoms. The lowest BCUT2D eigenvalue weighted by atomic mass is 10.2. The molecule has 0 aliphatic carbocycles. The Kier molecular flexibility index (Phi) is 6.00. The predicted molar refractivity (Wildman–Crippen MR) is 98.4 cm³/mol. The zero-order chi connectivity index (χ0) is 19.6. The number of hydrogen-bond donors (Lipinski definition) is 0. The first-order valence-corrected chi connectivity index (χ1v) is 10.1. The van der Waals surface area contributed by atoms with Crippen LogP contribution in [0.25, 0.3) is 0 Å². The van der Waals surface area contributed by atoms with Crippen LogP contribution in [0.3, 0.4) is 0 Å². The molecule has 5 nitrogen and oxygen atoms in total. The zero-order valence-corrected chi connectivity index (χ0v) is 16.2. The molecule has 146 valence electrons. The molecule has 1 aliphatic heterocycles. The molecule has 0 atom stereocenters. The van der Waals surface area contributed by atoms with Crippen molar-refractivity contribution in [2.45, 2.75) is 11.4 Å². The molecule has 0 amide bonds. The zero-order valence-electron chi connectivity index (χ0n) is 14.7. The van der Waals surface area contributed by atoms with Gasteiger partial charge in [0.1, 0.15) is 10.7 Å². The highest BCUT2D eigenvalue weighted by atomic mass is 35.5. The van der Waals surface area contributed by atoms with E-state index in [1.165, 1.54) is 29.6 Å². The van der Waals surface area contributed by atoms with Crippen LogP contribution in [0.2, 0.25) is 5.02 Å².